The van der Waals surface area contributed by atoms with Crippen LogP contribution in [0.4, 0.5) is 14.5 Å². The van der Waals surface area contributed by atoms with Gasteiger partial charge >= 0.3 is 12.6 Å². The molecular weight excluding hydrogens is 398 g/mol. The maximum absolute atomic E-state index is 12.7. The second kappa shape index (κ2) is 7.94. The Kier molecular flexibility index (Phi) is 5.18. The number of aryl methyl sites for hydroxylation is 1. The van der Waals surface area contributed by atoms with E-state index in [1.54, 1.807) is 6.07 Å². The summed E-state index contributed by atoms with van der Waals surface area (Å²) in [6, 6.07) is 13.8. The van der Waals surface area contributed by atoms with Gasteiger partial charge in [-0.15, -0.1) is 0 Å². The third kappa shape index (κ3) is 3.86. The van der Waals surface area contributed by atoms with Crippen molar-refractivity contribution < 1.29 is 32.4 Å². The molecule has 0 saturated carbocycles. The lowest BCUT2D eigenvalue weighted by Crippen LogP contribution is -2.23. The third-order valence-corrected chi connectivity index (χ3v) is 4.68. The SMILES string of the molecule is Cc1onc(OC(F)F)c1NC(=O)c1ccc2c(c1)C[C@H](c1ccccc1)OC2=O. The first-order valence-corrected chi connectivity index (χ1v) is 9.03. The summed E-state index contributed by atoms with van der Waals surface area (Å²) in [6.07, 6.45) is -0.0611. The Morgan fingerprint density at radius 1 is 1.23 bits per heavy atom. The molecular formula is C21H16F2N2O5. The summed E-state index contributed by atoms with van der Waals surface area (Å²) in [6.45, 7) is -1.66. The average Bonchev–Trinajstić information content (AvgIpc) is 3.07. The summed E-state index contributed by atoms with van der Waals surface area (Å²) in [7, 11) is 0. The van der Waals surface area contributed by atoms with Crippen molar-refractivity contribution in [3.8, 4) is 5.88 Å². The summed E-state index contributed by atoms with van der Waals surface area (Å²) in [4.78, 5) is 25.0. The molecule has 0 bridgehead atoms. The lowest BCUT2D eigenvalue weighted by Gasteiger charge is -2.25. The fourth-order valence-electron chi connectivity index (χ4n) is 3.23. The number of amides is 1. The van der Waals surface area contributed by atoms with Crippen LogP contribution in [0.2, 0.25) is 0 Å². The molecule has 1 aromatic heterocycles. The number of alkyl halides is 2. The average molecular weight is 414 g/mol. The topological polar surface area (TPSA) is 90.7 Å². The molecule has 1 N–H and O–H groups in total. The van der Waals surface area contributed by atoms with Gasteiger partial charge in [-0.3, -0.25) is 4.79 Å². The van der Waals surface area contributed by atoms with Gasteiger partial charge in [-0.05, 0) is 41.4 Å². The van der Waals surface area contributed by atoms with Crippen molar-refractivity contribution in [2.24, 2.45) is 0 Å². The molecule has 2 aromatic carbocycles. The van der Waals surface area contributed by atoms with E-state index in [0.29, 0.717) is 17.5 Å². The molecule has 0 spiro atoms. The number of ether oxygens (including phenoxy) is 2. The monoisotopic (exact) mass is 414 g/mol. The molecule has 0 saturated heterocycles. The van der Waals surface area contributed by atoms with E-state index in [1.165, 1.54) is 19.1 Å². The Morgan fingerprint density at radius 2 is 2.00 bits per heavy atom. The van der Waals surface area contributed by atoms with E-state index in [4.69, 9.17) is 9.26 Å². The molecule has 1 atom stereocenters. The molecule has 1 aliphatic rings. The van der Waals surface area contributed by atoms with E-state index in [0.717, 1.165) is 5.56 Å². The first kappa shape index (κ1) is 19.6. The Morgan fingerprint density at radius 3 is 2.73 bits per heavy atom. The molecule has 1 amide bonds. The van der Waals surface area contributed by atoms with Crippen LogP contribution in [0.15, 0.2) is 53.1 Å². The molecule has 0 unspecified atom stereocenters. The van der Waals surface area contributed by atoms with Gasteiger partial charge in [-0.1, -0.05) is 30.3 Å². The predicted molar refractivity (Wildman–Crippen MR) is 101 cm³/mol. The van der Waals surface area contributed by atoms with Gasteiger partial charge in [0.1, 0.15) is 11.8 Å². The number of fused-ring (bicyclic) bond motifs is 1. The highest BCUT2D eigenvalue weighted by atomic mass is 19.3. The number of cyclic esters (lactones) is 1. The van der Waals surface area contributed by atoms with E-state index < -0.39 is 30.5 Å². The minimum Gasteiger partial charge on any atom is -0.454 e. The lowest BCUT2D eigenvalue weighted by molar-refractivity contribution is -0.0541. The highest BCUT2D eigenvalue weighted by Gasteiger charge is 2.28. The van der Waals surface area contributed by atoms with Crippen LogP contribution < -0.4 is 10.1 Å². The highest BCUT2D eigenvalue weighted by Crippen LogP contribution is 2.32. The van der Waals surface area contributed by atoms with Gasteiger partial charge in [0.05, 0.1) is 5.56 Å². The van der Waals surface area contributed by atoms with Crippen molar-refractivity contribution in [3.05, 3.63) is 76.5 Å². The quantitative estimate of drug-likeness (QED) is 0.627. The van der Waals surface area contributed by atoms with Crippen molar-refractivity contribution >= 4 is 17.6 Å². The predicted octanol–water partition coefficient (Wildman–Crippen LogP) is 4.29. The third-order valence-electron chi connectivity index (χ3n) is 4.68. The fraction of sp³-hybridized carbons (Fsp3) is 0.190. The van der Waals surface area contributed by atoms with E-state index >= 15 is 0 Å². The van der Waals surface area contributed by atoms with Crippen LogP contribution in [0.3, 0.4) is 0 Å². The molecule has 9 heteroatoms. The minimum absolute atomic E-state index is 0.0837. The minimum atomic E-state index is -3.12. The van der Waals surface area contributed by atoms with Gasteiger partial charge in [0, 0.05) is 12.0 Å². The van der Waals surface area contributed by atoms with Crippen LogP contribution in [-0.4, -0.2) is 23.6 Å². The second-order valence-electron chi connectivity index (χ2n) is 6.63. The van der Waals surface area contributed by atoms with Gasteiger partial charge in [0.25, 0.3) is 11.8 Å². The molecule has 30 heavy (non-hydrogen) atoms. The molecule has 1 aliphatic heterocycles. The number of anilines is 1. The van der Waals surface area contributed by atoms with Gasteiger partial charge in [0.15, 0.2) is 5.76 Å². The lowest BCUT2D eigenvalue weighted by atomic mass is 9.93. The van der Waals surface area contributed by atoms with Crippen LogP contribution in [0.25, 0.3) is 0 Å². The molecule has 0 fully saturated rings. The molecule has 4 rings (SSSR count). The van der Waals surface area contributed by atoms with Crippen molar-refractivity contribution in [1.29, 1.82) is 0 Å². The highest BCUT2D eigenvalue weighted by molar-refractivity contribution is 6.06. The van der Waals surface area contributed by atoms with Gasteiger partial charge in [-0.2, -0.15) is 8.78 Å². The zero-order valence-electron chi connectivity index (χ0n) is 15.7. The Balaban J connectivity index is 1.58. The standard InChI is InChI=1S/C21H16F2N2O5/c1-11-17(19(25-30-11)29-21(22)23)24-18(26)13-7-8-15-14(9-13)10-16(28-20(15)27)12-5-3-2-4-6-12/h2-9,16,21H,10H2,1H3,(H,24,26)/t16-/m1/s1. The Bertz CT molecular complexity index is 1100. The number of carbonyl (C=O) groups is 2. The maximum atomic E-state index is 12.7. The van der Waals surface area contributed by atoms with Crippen LogP contribution in [0, 0.1) is 6.92 Å². The molecule has 7 nitrogen and oxygen atoms in total. The van der Waals surface area contributed by atoms with Crippen molar-refractivity contribution in [3.63, 3.8) is 0 Å². The summed E-state index contributed by atoms with van der Waals surface area (Å²) >= 11 is 0. The first-order valence-electron chi connectivity index (χ1n) is 9.03. The van der Waals surface area contributed by atoms with Crippen LogP contribution >= 0.6 is 0 Å². The normalized spacial score (nSPS) is 15.5. The number of nitrogens with one attached hydrogen (secondary N) is 1. The number of halogens is 2. The largest absolute Gasteiger partial charge is 0.454 e. The molecule has 0 radical (unpaired) electrons. The number of nitrogens with zero attached hydrogens (tertiary/aromatic N) is 1. The molecule has 3 aromatic rings. The molecule has 2 heterocycles. The number of benzene rings is 2. The summed E-state index contributed by atoms with van der Waals surface area (Å²) in [5.74, 6) is -1.45. The Labute approximate surface area is 169 Å². The first-order chi connectivity index (χ1) is 14.4. The number of rotatable bonds is 5. The van der Waals surface area contributed by atoms with Crippen LogP contribution in [0.1, 0.15) is 43.7 Å². The number of esters is 1. The summed E-state index contributed by atoms with van der Waals surface area (Å²) in [5.41, 5.74) is 2.03. The maximum Gasteiger partial charge on any atom is 0.388 e. The zero-order valence-corrected chi connectivity index (χ0v) is 15.7. The summed E-state index contributed by atoms with van der Waals surface area (Å²) < 4.78 is 39.6. The number of hydrogen-bond donors (Lipinski definition) is 1. The Hall–Kier alpha value is -3.75. The molecule has 0 aliphatic carbocycles. The number of hydrogen-bond acceptors (Lipinski definition) is 6. The summed E-state index contributed by atoms with van der Waals surface area (Å²) in [5, 5.41) is 5.84. The van der Waals surface area contributed by atoms with Crippen LogP contribution in [-0.2, 0) is 11.2 Å². The van der Waals surface area contributed by atoms with Gasteiger partial charge in [-0.25, -0.2) is 4.79 Å². The van der Waals surface area contributed by atoms with Crippen LogP contribution in [0.5, 0.6) is 5.88 Å². The van der Waals surface area contributed by atoms with Crippen molar-refractivity contribution in [2.45, 2.75) is 26.1 Å². The number of carbonyl (C=O) groups excluding carboxylic acids is 2. The van der Waals surface area contributed by atoms with E-state index in [-0.39, 0.29) is 17.0 Å². The van der Waals surface area contributed by atoms with Gasteiger partial charge < -0.3 is 19.3 Å². The van der Waals surface area contributed by atoms with E-state index in [1.807, 2.05) is 30.3 Å². The fourth-order valence-corrected chi connectivity index (χ4v) is 3.23. The van der Waals surface area contributed by atoms with Crippen molar-refractivity contribution in [2.75, 3.05) is 5.32 Å². The van der Waals surface area contributed by atoms with Crippen molar-refractivity contribution in [1.82, 2.24) is 5.16 Å². The zero-order chi connectivity index (χ0) is 21.3. The second-order valence-corrected chi connectivity index (χ2v) is 6.63. The van der Waals surface area contributed by atoms with Gasteiger partial charge in [0.2, 0.25) is 0 Å². The number of aromatic nitrogens is 1. The van der Waals surface area contributed by atoms with E-state index in [2.05, 4.69) is 15.2 Å². The molecule has 154 valence electrons. The smallest absolute Gasteiger partial charge is 0.388 e. The van der Waals surface area contributed by atoms with E-state index in [9.17, 15) is 18.4 Å².